The summed E-state index contributed by atoms with van der Waals surface area (Å²) in [6.07, 6.45) is -6.25. The van der Waals surface area contributed by atoms with E-state index in [-0.39, 0.29) is 31.6 Å². The Morgan fingerprint density at radius 2 is 1.70 bits per heavy atom. The van der Waals surface area contributed by atoms with Gasteiger partial charge in [0.2, 0.25) is 0 Å². The first-order chi connectivity index (χ1) is 26.5. The fraction of sp³-hybridized carbons (Fsp3) is 0.537. The van der Waals surface area contributed by atoms with Crippen LogP contribution in [0.5, 0.6) is 0 Å². The van der Waals surface area contributed by atoms with Gasteiger partial charge in [-0.1, -0.05) is 62.4 Å². The summed E-state index contributed by atoms with van der Waals surface area (Å²) < 4.78 is 30.6. The number of carbonyl (C=O) groups is 5. The van der Waals surface area contributed by atoms with Gasteiger partial charge >= 0.3 is 17.9 Å². The fourth-order valence-electron chi connectivity index (χ4n) is 10.1. The number of hydrogen-bond acceptors (Lipinski definition) is 14. The summed E-state index contributed by atoms with van der Waals surface area (Å²) in [4.78, 5) is 67.9. The van der Waals surface area contributed by atoms with Crippen LogP contribution in [0.4, 0.5) is 0 Å². The summed E-state index contributed by atoms with van der Waals surface area (Å²) in [5.74, 6) is -5.76. The van der Waals surface area contributed by atoms with Crippen LogP contribution in [0, 0.1) is 22.7 Å². The standard InChI is InChI=1S/C41H50BNO13/c1-22-27(54-37(50)32(47)31(43-42-21-45)24-13-9-7-10-14-24)18-41(51)35(55-36(49)25-15-11-8-12-16-25)33-39(5,34(48)26(19-44)30(22)38(41,3)4)28(52-6)17-29-40(33,20-53-29)56-23(2)46/h7-16,21,26-29,31-33,35,42-44,47,51H,17-20H2,1-6H3/t26-,27+,28+,29-,31+,32-,33?,35+,39-,40+,41-/m1/s1. The Balaban J connectivity index is 1.55. The maximum atomic E-state index is 15.4. The monoisotopic (exact) mass is 775 g/mol. The van der Waals surface area contributed by atoms with Crippen LogP contribution >= 0.6 is 0 Å². The molecule has 2 aromatic rings. The average Bonchev–Trinajstić information content (AvgIpc) is 3.17. The van der Waals surface area contributed by atoms with Crippen LogP contribution in [0.3, 0.4) is 0 Å². The quantitative estimate of drug-likeness (QED) is 0.0799. The summed E-state index contributed by atoms with van der Waals surface area (Å²) in [5, 5.41) is 39.1. The molecule has 1 aliphatic heterocycles. The summed E-state index contributed by atoms with van der Waals surface area (Å²) in [7, 11) is 1.24. The van der Waals surface area contributed by atoms with Gasteiger partial charge in [-0.3, -0.25) is 9.59 Å². The zero-order chi connectivity index (χ0) is 40.8. The molecule has 2 aromatic carbocycles. The second-order valence-corrected chi connectivity index (χ2v) is 16.0. The van der Waals surface area contributed by atoms with Crippen LogP contribution in [-0.4, -0.2) is 115 Å². The second kappa shape index (κ2) is 15.6. The Bertz CT molecular complexity index is 1870. The van der Waals surface area contributed by atoms with E-state index in [4.69, 9.17) is 23.7 Å². The Hall–Kier alpha value is -4.25. The summed E-state index contributed by atoms with van der Waals surface area (Å²) in [5.41, 5.74) is -5.69. The van der Waals surface area contributed by atoms with Crippen molar-refractivity contribution in [3.63, 3.8) is 0 Å². The first kappa shape index (κ1) is 41.4. The van der Waals surface area contributed by atoms with E-state index in [9.17, 15) is 34.5 Å². The topological polar surface area (TPSA) is 204 Å². The molecule has 14 nitrogen and oxygen atoms in total. The van der Waals surface area contributed by atoms with E-state index >= 15 is 4.79 Å². The number of benzene rings is 2. The van der Waals surface area contributed by atoms with Gasteiger partial charge in [-0.15, -0.1) is 0 Å². The minimum absolute atomic E-state index is 0.110. The molecule has 3 aliphatic carbocycles. The number of nitrogens with one attached hydrogen (secondary N) is 1. The molecule has 6 rings (SSSR count). The highest BCUT2D eigenvalue weighted by atomic mass is 16.6. The van der Waals surface area contributed by atoms with Crippen LogP contribution in [-0.2, 0) is 42.9 Å². The van der Waals surface area contributed by atoms with Crippen LogP contribution in [0.1, 0.15) is 69.4 Å². The zero-order valence-electron chi connectivity index (χ0n) is 32.4. The summed E-state index contributed by atoms with van der Waals surface area (Å²) in [6, 6.07) is 15.5. The number of fused-ring (bicyclic) bond motifs is 5. The van der Waals surface area contributed by atoms with Crippen LogP contribution < -0.4 is 5.23 Å². The first-order valence-electron chi connectivity index (χ1n) is 18.8. The van der Waals surface area contributed by atoms with Crippen molar-refractivity contribution in [3.05, 3.63) is 82.9 Å². The van der Waals surface area contributed by atoms with Crippen molar-refractivity contribution >= 4 is 37.3 Å². The molecule has 4 N–H and O–H groups in total. The smallest absolute Gasteiger partial charge is 0.338 e. The van der Waals surface area contributed by atoms with E-state index < -0.39 is 107 Å². The van der Waals surface area contributed by atoms with Crippen molar-refractivity contribution < 1.29 is 63.0 Å². The molecule has 0 aromatic heterocycles. The Labute approximate surface area is 326 Å². The molecular formula is C41H50BNO13. The lowest BCUT2D eigenvalue weighted by atomic mass is 9.43. The normalized spacial score (nSPS) is 34.2. The molecule has 0 amide bonds. The Morgan fingerprint density at radius 1 is 1.05 bits per heavy atom. The highest BCUT2D eigenvalue weighted by molar-refractivity contribution is 6.64. The number of carbonyl (C=O) groups excluding carboxylic acids is 5. The molecule has 1 heterocycles. The van der Waals surface area contributed by atoms with E-state index in [2.05, 4.69) is 5.23 Å². The summed E-state index contributed by atoms with van der Waals surface area (Å²) in [6.45, 7) is 6.89. The van der Waals surface area contributed by atoms with E-state index in [1.165, 1.54) is 26.2 Å². The molecule has 4 aliphatic rings. The SMILES string of the molecule is CO[C@H]1C[C@H]2OC[C@@]2(OC(C)=O)C2[C@H](OC(=O)c3ccccc3)[C@]3(O)C[C@H](OC(=O)[C@H](O)[C@@H](NBC=O)c4ccccc4)C(C)=C([C@@H](CO)C(=O)[C@@]21C)C3(C)C. The van der Waals surface area contributed by atoms with Crippen molar-refractivity contribution in [2.75, 3.05) is 20.3 Å². The van der Waals surface area contributed by atoms with Gasteiger partial charge in [0, 0.05) is 32.3 Å². The second-order valence-electron chi connectivity index (χ2n) is 16.0. The molecule has 2 saturated carbocycles. The molecule has 15 heteroatoms. The van der Waals surface area contributed by atoms with E-state index in [0.717, 1.165) is 0 Å². The molecule has 1 saturated heterocycles. The molecule has 3 fully saturated rings. The zero-order valence-corrected chi connectivity index (χ0v) is 32.4. The van der Waals surface area contributed by atoms with Crippen molar-refractivity contribution in [2.45, 2.75) is 95.2 Å². The molecule has 11 atom stereocenters. The fourth-order valence-corrected chi connectivity index (χ4v) is 10.1. The van der Waals surface area contributed by atoms with Crippen molar-refractivity contribution in [3.8, 4) is 0 Å². The maximum absolute atomic E-state index is 15.4. The van der Waals surface area contributed by atoms with Crippen LogP contribution in [0.25, 0.3) is 0 Å². The number of ketones is 1. The van der Waals surface area contributed by atoms with Gasteiger partial charge in [0.05, 0.1) is 54.4 Å². The molecule has 1 unspecified atom stereocenters. The molecule has 56 heavy (non-hydrogen) atoms. The predicted molar refractivity (Wildman–Crippen MR) is 201 cm³/mol. The molecule has 2 bridgehead atoms. The number of rotatable bonds is 12. The lowest BCUT2D eigenvalue weighted by Crippen LogP contribution is -2.81. The van der Waals surface area contributed by atoms with Crippen molar-refractivity contribution in [1.29, 1.82) is 0 Å². The number of Topliss-reactive ketones (excluding diaryl/α,β-unsaturated/α-hetero) is 1. The van der Waals surface area contributed by atoms with Gasteiger partial charge in [0.1, 0.15) is 23.9 Å². The Kier molecular flexibility index (Phi) is 11.5. The summed E-state index contributed by atoms with van der Waals surface area (Å²) >= 11 is 0. The highest BCUT2D eigenvalue weighted by Gasteiger charge is 2.78. The highest BCUT2D eigenvalue weighted by Crippen LogP contribution is 2.65. The molecular weight excluding hydrogens is 725 g/mol. The maximum Gasteiger partial charge on any atom is 0.338 e. The largest absolute Gasteiger partial charge is 0.456 e. The number of methoxy groups -OCH3 is 1. The van der Waals surface area contributed by atoms with Gasteiger partial charge in [0.25, 0.3) is 7.41 Å². The van der Waals surface area contributed by atoms with Crippen molar-refractivity contribution in [2.24, 2.45) is 22.7 Å². The molecule has 300 valence electrons. The third-order valence-electron chi connectivity index (χ3n) is 12.9. The third kappa shape index (κ3) is 6.51. The lowest BCUT2D eigenvalue weighted by molar-refractivity contribution is -0.347. The third-order valence-corrected chi connectivity index (χ3v) is 12.9. The van der Waals surface area contributed by atoms with Gasteiger partial charge in [-0.25, -0.2) is 9.59 Å². The van der Waals surface area contributed by atoms with E-state index in [1.807, 2.05) is 0 Å². The number of aliphatic hydroxyl groups is 3. The van der Waals surface area contributed by atoms with E-state index in [1.54, 1.807) is 76.2 Å². The Morgan fingerprint density at radius 3 is 2.25 bits per heavy atom. The minimum atomic E-state index is -2.21. The number of ether oxygens (including phenoxy) is 5. The molecule has 0 spiro atoms. The number of aliphatic hydroxyl groups excluding tert-OH is 2. The van der Waals surface area contributed by atoms with Crippen LogP contribution in [0.2, 0.25) is 0 Å². The number of hydrogen-bond donors (Lipinski definition) is 4. The minimum Gasteiger partial charge on any atom is -0.456 e. The predicted octanol–water partition coefficient (Wildman–Crippen LogP) is 1.77. The van der Waals surface area contributed by atoms with Gasteiger partial charge in [0.15, 0.2) is 17.5 Å². The average molecular weight is 776 g/mol. The van der Waals surface area contributed by atoms with Gasteiger partial charge < -0.3 is 49.0 Å². The first-order valence-corrected chi connectivity index (χ1v) is 18.8. The van der Waals surface area contributed by atoms with Crippen LogP contribution in [0.15, 0.2) is 71.8 Å². The number of esters is 3. The van der Waals surface area contributed by atoms with E-state index in [0.29, 0.717) is 17.3 Å². The van der Waals surface area contributed by atoms with Gasteiger partial charge in [-0.2, -0.15) is 0 Å². The molecule has 0 radical (unpaired) electrons. The van der Waals surface area contributed by atoms with Crippen molar-refractivity contribution in [1.82, 2.24) is 5.23 Å². The van der Waals surface area contributed by atoms with Gasteiger partial charge in [-0.05, 0) is 42.7 Å². The lowest BCUT2D eigenvalue weighted by Gasteiger charge is -2.68.